The molecule has 3 rings (SSSR count). The number of carbonyl (C=O) groups is 2. The molecule has 0 saturated carbocycles. The van der Waals surface area contributed by atoms with E-state index in [-0.39, 0.29) is 28.8 Å². The SMILES string of the molecule is Br.Cc1nc(C)c(CCN2C(=O)c3ccccc3C2=O)s1. The van der Waals surface area contributed by atoms with Crippen molar-refractivity contribution in [2.75, 3.05) is 6.54 Å². The van der Waals surface area contributed by atoms with Crippen LogP contribution in [0.3, 0.4) is 0 Å². The molecule has 0 unspecified atom stereocenters. The Hall–Kier alpha value is -1.53. The van der Waals surface area contributed by atoms with Gasteiger partial charge in [-0.1, -0.05) is 12.1 Å². The first kappa shape index (κ1) is 15.9. The summed E-state index contributed by atoms with van der Waals surface area (Å²) in [4.78, 5) is 31.3. The molecule has 0 saturated heterocycles. The lowest BCUT2D eigenvalue weighted by atomic mass is 10.1. The molecule has 0 atom stereocenters. The maximum Gasteiger partial charge on any atom is 0.261 e. The Morgan fingerprint density at radius 2 is 1.67 bits per heavy atom. The molecule has 1 aliphatic rings. The zero-order valence-corrected chi connectivity index (χ0v) is 14.3. The van der Waals surface area contributed by atoms with Crippen molar-refractivity contribution in [2.24, 2.45) is 0 Å². The van der Waals surface area contributed by atoms with Crippen LogP contribution in [-0.4, -0.2) is 28.2 Å². The molecule has 6 heteroatoms. The quantitative estimate of drug-likeness (QED) is 0.783. The van der Waals surface area contributed by atoms with Crippen molar-refractivity contribution in [1.82, 2.24) is 9.88 Å². The summed E-state index contributed by atoms with van der Waals surface area (Å²) in [6.45, 7) is 4.33. The van der Waals surface area contributed by atoms with Crippen molar-refractivity contribution in [1.29, 1.82) is 0 Å². The number of imide groups is 1. The third-order valence-electron chi connectivity index (χ3n) is 3.44. The topological polar surface area (TPSA) is 50.3 Å². The molecule has 0 fully saturated rings. The Morgan fingerprint density at radius 3 is 2.14 bits per heavy atom. The fraction of sp³-hybridized carbons (Fsp3) is 0.267. The van der Waals surface area contributed by atoms with Gasteiger partial charge >= 0.3 is 0 Å². The second-order valence-electron chi connectivity index (χ2n) is 4.80. The predicted octanol–water partition coefficient (Wildman–Crippen LogP) is 3.18. The Morgan fingerprint density at radius 1 is 1.10 bits per heavy atom. The van der Waals surface area contributed by atoms with Gasteiger partial charge in [-0.05, 0) is 26.0 Å². The molecule has 0 aliphatic carbocycles. The van der Waals surface area contributed by atoms with Crippen LogP contribution in [0.5, 0.6) is 0 Å². The van der Waals surface area contributed by atoms with E-state index in [1.54, 1.807) is 35.6 Å². The van der Waals surface area contributed by atoms with E-state index in [9.17, 15) is 9.59 Å². The van der Waals surface area contributed by atoms with E-state index in [2.05, 4.69) is 4.98 Å². The van der Waals surface area contributed by atoms with E-state index in [1.807, 2.05) is 13.8 Å². The summed E-state index contributed by atoms with van der Waals surface area (Å²) in [6, 6.07) is 6.98. The minimum absolute atomic E-state index is 0. The third kappa shape index (κ3) is 2.78. The average Bonchev–Trinajstić information content (AvgIpc) is 2.87. The highest BCUT2D eigenvalue weighted by molar-refractivity contribution is 8.93. The lowest BCUT2D eigenvalue weighted by Gasteiger charge is -2.12. The molecule has 4 nitrogen and oxygen atoms in total. The minimum Gasteiger partial charge on any atom is -0.274 e. The number of hydrogen-bond acceptors (Lipinski definition) is 4. The van der Waals surface area contributed by atoms with Crippen LogP contribution in [0.1, 0.15) is 36.3 Å². The van der Waals surface area contributed by atoms with Crippen LogP contribution < -0.4 is 0 Å². The van der Waals surface area contributed by atoms with E-state index in [0.29, 0.717) is 24.1 Å². The van der Waals surface area contributed by atoms with Crippen molar-refractivity contribution in [3.8, 4) is 0 Å². The van der Waals surface area contributed by atoms with Gasteiger partial charge in [0.1, 0.15) is 0 Å². The van der Waals surface area contributed by atoms with E-state index < -0.39 is 0 Å². The Labute approximate surface area is 137 Å². The van der Waals surface area contributed by atoms with Gasteiger partial charge in [-0.25, -0.2) is 4.98 Å². The summed E-state index contributed by atoms with van der Waals surface area (Å²) in [6.07, 6.45) is 0.669. The highest BCUT2D eigenvalue weighted by Gasteiger charge is 2.34. The first-order chi connectivity index (χ1) is 9.58. The first-order valence-electron chi connectivity index (χ1n) is 6.46. The molecular formula is C15H15BrN2O2S. The number of aromatic nitrogens is 1. The molecule has 0 radical (unpaired) electrons. The highest BCUT2D eigenvalue weighted by atomic mass is 79.9. The number of hydrogen-bond donors (Lipinski definition) is 0. The molecule has 2 amide bonds. The van der Waals surface area contributed by atoms with Crippen LogP contribution in [0.15, 0.2) is 24.3 Å². The molecule has 1 aliphatic heterocycles. The average molecular weight is 367 g/mol. The maximum absolute atomic E-state index is 12.2. The molecule has 0 N–H and O–H groups in total. The van der Waals surface area contributed by atoms with Crippen LogP contribution in [0.2, 0.25) is 0 Å². The second-order valence-corrected chi connectivity index (χ2v) is 6.09. The number of thiazole rings is 1. The van der Waals surface area contributed by atoms with Crippen LogP contribution >= 0.6 is 28.3 Å². The Bertz CT molecular complexity index is 676. The molecular weight excluding hydrogens is 352 g/mol. The van der Waals surface area contributed by atoms with Crippen molar-refractivity contribution in [3.63, 3.8) is 0 Å². The number of nitrogens with zero attached hydrogens (tertiary/aromatic N) is 2. The van der Waals surface area contributed by atoms with Crippen molar-refractivity contribution in [2.45, 2.75) is 20.3 Å². The van der Waals surface area contributed by atoms with Crippen LogP contribution in [0.4, 0.5) is 0 Å². The summed E-state index contributed by atoms with van der Waals surface area (Å²) in [5.74, 6) is -0.381. The lowest BCUT2D eigenvalue weighted by Crippen LogP contribution is -2.31. The summed E-state index contributed by atoms with van der Waals surface area (Å²) < 4.78 is 0. The fourth-order valence-electron chi connectivity index (χ4n) is 2.46. The first-order valence-corrected chi connectivity index (χ1v) is 7.27. The molecule has 110 valence electrons. The van der Waals surface area contributed by atoms with Crippen molar-refractivity contribution in [3.05, 3.63) is 51.0 Å². The molecule has 2 heterocycles. The predicted molar refractivity (Wildman–Crippen MR) is 87.4 cm³/mol. The highest BCUT2D eigenvalue weighted by Crippen LogP contribution is 2.24. The van der Waals surface area contributed by atoms with E-state index in [4.69, 9.17) is 0 Å². The molecule has 1 aromatic heterocycles. The Kier molecular flexibility index (Phi) is 4.58. The van der Waals surface area contributed by atoms with Gasteiger partial charge in [-0.3, -0.25) is 14.5 Å². The summed E-state index contributed by atoms with van der Waals surface area (Å²) in [7, 11) is 0. The van der Waals surface area contributed by atoms with Crippen LogP contribution in [0.25, 0.3) is 0 Å². The van der Waals surface area contributed by atoms with Gasteiger partial charge in [0.2, 0.25) is 0 Å². The monoisotopic (exact) mass is 366 g/mol. The van der Waals surface area contributed by atoms with Gasteiger partial charge in [0, 0.05) is 17.8 Å². The van der Waals surface area contributed by atoms with Crippen molar-refractivity contribution < 1.29 is 9.59 Å². The normalized spacial score (nSPS) is 13.3. The summed E-state index contributed by atoms with van der Waals surface area (Å²) in [5, 5.41) is 1.01. The van der Waals surface area contributed by atoms with Gasteiger partial charge in [0.15, 0.2) is 0 Å². The maximum atomic E-state index is 12.2. The standard InChI is InChI=1S/C15H14N2O2S.BrH/c1-9-13(20-10(2)16-9)7-8-17-14(18)11-5-3-4-6-12(11)15(17)19;/h3-6H,7-8H2,1-2H3;1H. The molecule has 21 heavy (non-hydrogen) atoms. The minimum atomic E-state index is -0.190. The zero-order chi connectivity index (χ0) is 14.3. The lowest BCUT2D eigenvalue weighted by molar-refractivity contribution is 0.0656. The number of carbonyl (C=O) groups excluding carboxylic acids is 2. The van der Waals surface area contributed by atoms with Gasteiger partial charge in [-0.15, -0.1) is 28.3 Å². The van der Waals surface area contributed by atoms with Gasteiger partial charge < -0.3 is 0 Å². The number of fused-ring (bicyclic) bond motifs is 1. The number of halogens is 1. The third-order valence-corrected chi connectivity index (χ3v) is 4.57. The summed E-state index contributed by atoms with van der Waals surface area (Å²) >= 11 is 1.62. The van der Waals surface area contributed by atoms with Crippen LogP contribution in [-0.2, 0) is 6.42 Å². The molecule has 2 aromatic rings. The van der Waals surface area contributed by atoms with Gasteiger partial charge in [-0.2, -0.15) is 0 Å². The number of benzene rings is 1. The van der Waals surface area contributed by atoms with E-state index in [1.165, 1.54) is 4.90 Å². The number of aryl methyl sites for hydroxylation is 2. The fourth-order valence-corrected chi connectivity index (χ4v) is 3.39. The molecule has 1 aromatic carbocycles. The van der Waals surface area contributed by atoms with Gasteiger partial charge in [0.25, 0.3) is 11.8 Å². The molecule has 0 bridgehead atoms. The second kappa shape index (κ2) is 6.07. The van der Waals surface area contributed by atoms with Gasteiger partial charge in [0.05, 0.1) is 21.8 Å². The number of amides is 2. The van der Waals surface area contributed by atoms with E-state index in [0.717, 1.165) is 15.6 Å². The molecule has 0 spiro atoms. The zero-order valence-electron chi connectivity index (χ0n) is 11.8. The Balaban J connectivity index is 0.00000161. The van der Waals surface area contributed by atoms with Crippen LogP contribution in [0, 0.1) is 13.8 Å². The summed E-state index contributed by atoms with van der Waals surface area (Å²) in [5.41, 5.74) is 2.01. The van der Waals surface area contributed by atoms with E-state index >= 15 is 0 Å². The number of rotatable bonds is 3. The largest absolute Gasteiger partial charge is 0.274 e. The van der Waals surface area contributed by atoms with Crippen molar-refractivity contribution >= 4 is 40.1 Å². The smallest absolute Gasteiger partial charge is 0.261 e.